The molecular weight excluding hydrogens is 212 g/mol. The molecule has 102 valence electrons. The molecule has 1 saturated heterocycles. The lowest BCUT2D eigenvalue weighted by Crippen LogP contribution is -2.50. The van der Waals surface area contributed by atoms with E-state index in [-0.39, 0.29) is 0 Å². The van der Waals surface area contributed by atoms with Gasteiger partial charge in [-0.1, -0.05) is 13.8 Å². The van der Waals surface area contributed by atoms with Gasteiger partial charge in [-0.05, 0) is 52.1 Å². The summed E-state index contributed by atoms with van der Waals surface area (Å²) >= 11 is 0. The van der Waals surface area contributed by atoms with Crippen molar-refractivity contribution in [1.29, 1.82) is 0 Å². The van der Waals surface area contributed by atoms with E-state index in [0.717, 1.165) is 25.6 Å². The van der Waals surface area contributed by atoms with Gasteiger partial charge in [0.25, 0.3) is 0 Å². The van der Waals surface area contributed by atoms with Gasteiger partial charge in [-0.3, -0.25) is 0 Å². The highest BCUT2D eigenvalue weighted by atomic mass is 16.3. The molecule has 1 rings (SSSR count). The molecule has 0 spiro atoms. The van der Waals surface area contributed by atoms with Gasteiger partial charge in [0.1, 0.15) is 0 Å². The topological polar surface area (TPSA) is 35.5 Å². The number of nitrogens with one attached hydrogen (secondary N) is 1. The van der Waals surface area contributed by atoms with Crippen LogP contribution >= 0.6 is 0 Å². The van der Waals surface area contributed by atoms with E-state index in [0.29, 0.717) is 12.0 Å². The van der Waals surface area contributed by atoms with Gasteiger partial charge in [0.15, 0.2) is 0 Å². The van der Waals surface area contributed by atoms with Crippen molar-refractivity contribution in [2.45, 2.75) is 52.2 Å². The van der Waals surface area contributed by atoms with Crippen LogP contribution < -0.4 is 5.32 Å². The van der Waals surface area contributed by atoms with Crippen LogP contribution in [-0.4, -0.2) is 48.3 Å². The van der Waals surface area contributed by atoms with E-state index >= 15 is 0 Å². The predicted molar refractivity (Wildman–Crippen MR) is 73.1 cm³/mol. The molecule has 17 heavy (non-hydrogen) atoms. The lowest BCUT2D eigenvalue weighted by molar-refractivity contribution is -0.0291. The Hall–Kier alpha value is -0.120. The summed E-state index contributed by atoms with van der Waals surface area (Å²) in [4.78, 5) is 2.43. The molecule has 3 atom stereocenters. The molecule has 1 heterocycles. The summed E-state index contributed by atoms with van der Waals surface area (Å²) in [6.07, 6.45) is 2.56. The minimum Gasteiger partial charge on any atom is -0.389 e. The Morgan fingerprint density at radius 3 is 2.59 bits per heavy atom. The van der Waals surface area contributed by atoms with E-state index in [1.165, 1.54) is 12.8 Å². The molecule has 0 bridgehead atoms. The van der Waals surface area contributed by atoms with Crippen molar-refractivity contribution in [2.24, 2.45) is 11.8 Å². The zero-order valence-electron chi connectivity index (χ0n) is 12.2. The Morgan fingerprint density at radius 1 is 1.41 bits per heavy atom. The molecule has 3 unspecified atom stereocenters. The fraction of sp³-hybridized carbons (Fsp3) is 1.00. The first-order chi connectivity index (χ1) is 7.86. The smallest absolute Gasteiger partial charge is 0.0768 e. The maximum Gasteiger partial charge on any atom is 0.0768 e. The van der Waals surface area contributed by atoms with Crippen LogP contribution in [0.5, 0.6) is 0 Å². The Labute approximate surface area is 107 Å². The van der Waals surface area contributed by atoms with Gasteiger partial charge in [-0.2, -0.15) is 0 Å². The van der Waals surface area contributed by atoms with Crippen LogP contribution in [0.2, 0.25) is 0 Å². The monoisotopic (exact) mass is 242 g/mol. The lowest BCUT2D eigenvalue weighted by atomic mass is 9.88. The number of hydrogen-bond acceptors (Lipinski definition) is 3. The molecule has 0 aromatic rings. The van der Waals surface area contributed by atoms with Gasteiger partial charge < -0.3 is 15.3 Å². The van der Waals surface area contributed by atoms with Crippen molar-refractivity contribution in [3.63, 3.8) is 0 Å². The third kappa shape index (κ3) is 4.23. The summed E-state index contributed by atoms with van der Waals surface area (Å²) in [6, 6.07) is 0.571. The Morgan fingerprint density at radius 2 is 2.06 bits per heavy atom. The van der Waals surface area contributed by atoms with E-state index in [1.54, 1.807) is 0 Å². The lowest BCUT2D eigenvalue weighted by Gasteiger charge is -2.40. The largest absolute Gasteiger partial charge is 0.389 e. The maximum absolute atomic E-state index is 10.4. The number of aliphatic hydroxyl groups is 1. The molecule has 3 heteroatoms. The number of hydrogen-bond donors (Lipinski definition) is 2. The standard InChI is InChI=1S/C14H30N2O/c1-11(2)14(4,17)10-16-8-6-7-13(9-16)12(3)15-5/h11-13,15,17H,6-10H2,1-5H3. The highest BCUT2D eigenvalue weighted by Crippen LogP contribution is 2.24. The van der Waals surface area contributed by atoms with Gasteiger partial charge in [0, 0.05) is 19.1 Å². The Kier molecular flexibility index (Phi) is 5.42. The number of rotatable bonds is 5. The van der Waals surface area contributed by atoms with Crippen LogP contribution in [0.25, 0.3) is 0 Å². The van der Waals surface area contributed by atoms with Crippen LogP contribution in [0.1, 0.15) is 40.5 Å². The summed E-state index contributed by atoms with van der Waals surface area (Å²) < 4.78 is 0. The van der Waals surface area contributed by atoms with Crippen molar-refractivity contribution >= 4 is 0 Å². The minimum absolute atomic E-state index is 0.310. The number of nitrogens with zero attached hydrogens (tertiary/aromatic N) is 1. The van der Waals surface area contributed by atoms with Crippen molar-refractivity contribution in [2.75, 3.05) is 26.7 Å². The molecule has 0 aromatic heterocycles. The van der Waals surface area contributed by atoms with Crippen molar-refractivity contribution in [1.82, 2.24) is 10.2 Å². The molecule has 0 aromatic carbocycles. The predicted octanol–water partition coefficient (Wildman–Crippen LogP) is 1.71. The molecule has 1 fully saturated rings. The maximum atomic E-state index is 10.4. The molecule has 0 radical (unpaired) electrons. The van der Waals surface area contributed by atoms with Crippen LogP contribution in [0.3, 0.4) is 0 Å². The second-order valence-electron chi connectivity index (χ2n) is 6.23. The van der Waals surface area contributed by atoms with E-state index in [1.807, 2.05) is 14.0 Å². The quantitative estimate of drug-likeness (QED) is 0.770. The summed E-state index contributed by atoms with van der Waals surface area (Å²) in [5.74, 6) is 1.03. The molecule has 0 aliphatic carbocycles. The van der Waals surface area contributed by atoms with E-state index in [9.17, 15) is 5.11 Å². The second-order valence-corrected chi connectivity index (χ2v) is 6.23. The second kappa shape index (κ2) is 6.17. The molecule has 2 N–H and O–H groups in total. The van der Waals surface area contributed by atoms with Gasteiger partial charge in [0.2, 0.25) is 0 Å². The molecule has 1 aliphatic rings. The van der Waals surface area contributed by atoms with Crippen LogP contribution in [-0.2, 0) is 0 Å². The minimum atomic E-state index is -0.565. The van der Waals surface area contributed by atoms with Gasteiger partial charge >= 0.3 is 0 Å². The molecule has 0 amide bonds. The molecular formula is C14H30N2O. The summed E-state index contributed by atoms with van der Waals surface area (Å²) in [5, 5.41) is 13.7. The zero-order chi connectivity index (χ0) is 13.1. The fourth-order valence-electron chi connectivity index (χ4n) is 2.51. The highest BCUT2D eigenvalue weighted by Gasteiger charge is 2.31. The van der Waals surface area contributed by atoms with Gasteiger partial charge in [-0.15, -0.1) is 0 Å². The Bertz CT molecular complexity index is 228. The molecule has 3 nitrogen and oxygen atoms in total. The first kappa shape index (κ1) is 14.9. The number of likely N-dealkylation sites (tertiary alicyclic amines) is 1. The molecule has 0 saturated carbocycles. The van der Waals surface area contributed by atoms with Gasteiger partial charge in [0.05, 0.1) is 5.60 Å². The molecule has 1 aliphatic heterocycles. The van der Waals surface area contributed by atoms with Crippen molar-refractivity contribution in [3.8, 4) is 0 Å². The zero-order valence-corrected chi connectivity index (χ0v) is 12.2. The normalized spacial score (nSPS) is 28.1. The first-order valence-electron chi connectivity index (χ1n) is 6.99. The van der Waals surface area contributed by atoms with Crippen molar-refractivity contribution in [3.05, 3.63) is 0 Å². The van der Waals surface area contributed by atoms with E-state index in [4.69, 9.17) is 0 Å². The SMILES string of the molecule is CNC(C)C1CCCN(CC(C)(O)C(C)C)C1. The average Bonchev–Trinajstić information content (AvgIpc) is 2.27. The van der Waals surface area contributed by atoms with Crippen LogP contribution in [0.15, 0.2) is 0 Å². The third-order valence-electron chi connectivity index (χ3n) is 4.49. The van der Waals surface area contributed by atoms with Crippen LogP contribution in [0, 0.1) is 11.8 Å². The van der Waals surface area contributed by atoms with Gasteiger partial charge in [-0.25, -0.2) is 0 Å². The Balaban J connectivity index is 2.50. The highest BCUT2D eigenvalue weighted by molar-refractivity contribution is 4.85. The first-order valence-corrected chi connectivity index (χ1v) is 6.99. The van der Waals surface area contributed by atoms with Crippen molar-refractivity contribution < 1.29 is 5.11 Å². The van der Waals surface area contributed by atoms with E-state index in [2.05, 4.69) is 31.0 Å². The van der Waals surface area contributed by atoms with Crippen LogP contribution in [0.4, 0.5) is 0 Å². The number of piperidine rings is 1. The third-order valence-corrected chi connectivity index (χ3v) is 4.49. The summed E-state index contributed by atoms with van der Waals surface area (Å²) in [5.41, 5.74) is -0.565. The van der Waals surface area contributed by atoms with E-state index < -0.39 is 5.60 Å². The summed E-state index contributed by atoms with van der Waals surface area (Å²) in [6.45, 7) is 11.5. The fourth-order valence-corrected chi connectivity index (χ4v) is 2.51. The average molecular weight is 242 g/mol. The number of β-amino-alcohol motifs (C(OH)–C–C–N with tert-alkyl or cyclic N) is 1. The summed E-state index contributed by atoms with van der Waals surface area (Å²) in [7, 11) is 2.04.